The number of aliphatic carboxylic acids is 2. The molecule has 1 atom stereocenters. The summed E-state index contributed by atoms with van der Waals surface area (Å²) in [6, 6.07) is -1.11. The average Bonchev–Trinajstić information content (AvgIpc) is 2.49. The highest BCUT2D eigenvalue weighted by molar-refractivity contribution is 5.83. The SMILES string of the molecule is CCCCCCCCCCCC(=O)NC(CCC(=O)O)C(=O)O.N.N. The van der Waals surface area contributed by atoms with Gasteiger partial charge in [-0.25, -0.2) is 4.79 Å². The molecule has 0 spiro atoms. The van der Waals surface area contributed by atoms with Gasteiger partial charge < -0.3 is 27.8 Å². The van der Waals surface area contributed by atoms with Crippen LogP contribution in [-0.2, 0) is 14.4 Å². The van der Waals surface area contributed by atoms with E-state index in [1.807, 2.05) is 0 Å². The van der Waals surface area contributed by atoms with Crippen LogP contribution < -0.4 is 17.6 Å². The molecule has 0 saturated carbocycles. The fourth-order valence-corrected chi connectivity index (χ4v) is 2.39. The average molecular weight is 363 g/mol. The first-order valence-corrected chi connectivity index (χ1v) is 8.71. The molecule has 0 aliphatic carbocycles. The van der Waals surface area contributed by atoms with Gasteiger partial charge in [-0.05, 0) is 12.8 Å². The van der Waals surface area contributed by atoms with Gasteiger partial charge in [0.1, 0.15) is 6.04 Å². The number of hydrogen-bond donors (Lipinski definition) is 5. The van der Waals surface area contributed by atoms with Crippen LogP contribution in [0.15, 0.2) is 0 Å². The Balaban J connectivity index is -0.00000242. The topological polar surface area (TPSA) is 174 Å². The van der Waals surface area contributed by atoms with Crippen LogP contribution in [0.4, 0.5) is 0 Å². The highest BCUT2D eigenvalue weighted by atomic mass is 16.4. The number of unbranched alkanes of at least 4 members (excludes halogenated alkanes) is 8. The quantitative estimate of drug-likeness (QED) is 0.276. The third-order valence-electron chi connectivity index (χ3n) is 3.79. The van der Waals surface area contributed by atoms with E-state index in [9.17, 15) is 14.4 Å². The summed E-state index contributed by atoms with van der Waals surface area (Å²) in [7, 11) is 0. The van der Waals surface area contributed by atoms with E-state index in [1.54, 1.807) is 0 Å². The van der Waals surface area contributed by atoms with Crippen molar-refractivity contribution in [2.75, 3.05) is 0 Å². The molecule has 150 valence electrons. The van der Waals surface area contributed by atoms with Gasteiger partial charge in [-0.3, -0.25) is 9.59 Å². The van der Waals surface area contributed by atoms with Gasteiger partial charge in [0.25, 0.3) is 0 Å². The van der Waals surface area contributed by atoms with Crippen molar-refractivity contribution in [2.24, 2.45) is 0 Å². The zero-order chi connectivity index (χ0) is 17.5. The number of carbonyl (C=O) groups excluding carboxylic acids is 1. The van der Waals surface area contributed by atoms with E-state index in [1.165, 1.54) is 38.5 Å². The molecule has 0 bridgehead atoms. The Morgan fingerprint density at radius 1 is 0.800 bits per heavy atom. The maximum absolute atomic E-state index is 11.7. The molecule has 8 nitrogen and oxygen atoms in total. The molecule has 0 heterocycles. The summed E-state index contributed by atoms with van der Waals surface area (Å²) in [5, 5.41) is 19.9. The van der Waals surface area contributed by atoms with Gasteiger partial charge in [0.2, 0.25) is 5.91 Å². The Bertz CT molecular complexity index is 364. The molecule has 0 aromatic rings. The molecule has 1 amide bonds. The summed E-state index contributed by atoms with van der Waals surface area (Å²) >= 11 is 0. The summed E-state index contributed by atoms with van der Waals surface area (Å²) in [4.78, 5) is 33.1. The second-order valence-electron chi connectivity index (χ2n) is 5.97. The van der Waals surface area contributed by atoms with Crippen molar-refractivity contribution < 1.29 is 24.6 Å². The maximum Gasteiger partial charge on any atom is 0.326 e. The lowest BCUT2D eigenvalue weighted by Crippen LogP contribution is -2.41. The minimum absolute atomic E-state index is 0. The Hall–Kier alpha value is -1.67. The van der Waals surface area contributed by atoms with Crippen LogP contribution in [0.5, 0.6) is 0 Å². The first-order valence-electron chi connectivity index (χ1n) is 8.71. The highest BCUT2D eigenvalue weighted by Gasteiger charge is 2.20. The van der Waals surface area contributed by atoms with E-state index in [2.05, 4.69) is 12.2 Å². The first-order chi connectivity index (χ1) is 11.0. The van der Waals surface area contributed by atoms with E-state index >= 15 is 0 Å². The van der Waals surface area contributed by atoms with Crippen LogP contribution in [0.3, 0.4) is 0 Å². The maximum atomic E-state index is 11.7. The predicted molar refractivity (Wildman–Crippen MR) is 98.3 cm³/mol. The van der Waals surface area contributed by atoms with Crippen LogP contribution in [0, 0.1) is 0 Å². The number of rotatable bonds is 15. The van der Waals surface area contributed by atoms with Crippen molar-refractivity contribution in [2.45, 2.75) is 90.0 Å². The fourth-order valence-electron chi connectivity index (χ4n) is 2.39. The van der Waals surface area contributed by atoms with Crippen molar-refractivity contribution in [3.63, 3.8) is 0 Å². The molecule has 0 aliphatic rings. The standard InChI is InChI=1S/C17H31NO5.2H3N/c1-2-3-4-5-6-7-8-9-10-11-15(19)18-14(17(22)23)12-13-16(20)21;;/h14H,2-13H2,1H3,(H,18,19)(H,20,21)(H,22,23);2*1H3. The normalized spacial score (nSPS) is 10.9. The molecule has 25 heavy (non-hydrogen) atoms. The van der Waals surface area contributed by atoms with E-state index in [0.29, 0.717) is 6.42 Å². The molecule has 0 fully saturated rings. The van der Waals surface area contributed by atoms with Crippen LogP contribution >= 0.6 is 0 Å². The molecule has 8 heteroatoms. The highest BCUT2D eigenvalue weighted by Crippen LogP contribution is 2.10. The monoisotopic (exact) mass is 363 g/mol. The summed E-state index contributed by atoms with van der Waals surface area (Å²) in [6.07, 6.45) is 10.3. The molecular weight excluding hydrogens is 326 g/mol. The van der Waals surface area contributed by atoms with E-state index in [4.69, 9.17) is 10.2 Å². The molecular formula is C17H37N3O5. The van der Waals surface area contributed by atoms with Gasteiger partial charge in [0, 0.05) is 12.8 Å². The Labute approximate surface area is 150 Å². The van der Waals surface area contributed by atoms with Crippen LogP contribution in [0.2, 0.25) is 0 Å². The van der Waals surface area contributed by atoms with Gasteiger partial charge in [-0.2, -0.15) is 0 Å². The second kappa shape index (κ2) is 18.7. The molecule has 0 radical (unpaired) electrons. The lowest BCUT2D eigenvalue weighted by Gasteiger charge is -2.13. The summed E-state index contributed by atoms with van der Waals surface area (Å²) in [6.45, 7) is 2.20. The van der Waals surface area contributed by atoms with Crippen molar-refractivity contribution >= 4 is 17.8 Å². The van der Waals surface area contributed by atoms with Crippen LogP contribution in [0.1, 0.15) is 84.0 Å². The van der Waals surface area contributed by atoms with Crippen LogP contribution in [0.25, 0.3) is 0 Å². The molecule has 0 aromatic heterocycles. The van der Waals surface area contributed by atoms with E-state index in [-0.39, 0.29) is 31.0 Å². The van der Waals surface area contributed by atoms with E-state index < -0.39 is 18.0 Å². The predicted octanol–water partition coefficient (Wildman–Crippen LogP) is 3.67. The molecule has 0 rings (SSSR count). The summed E-state index contributed by atoms with van der Waals surface area (Å²) < 4.78 is 0. The Morgan fingerprint density at radius 2 is 1.28 bits per heavy atom. The minimum Gasteiger partial charge on any atom is -0.481 e. The third kappa shape index (κ3) is 18.5. The number of nitrogens with one attached hydrogen (secondary N) is 1. The number of hydrogen-bond acceptors (Lipinski definition) is 5. The summed E-state index contributed by atoms with van der Waals surface area (Å²) in [5.41, 5.74) is 0. The Morgan fingerprint density at radius 3 is 1.72 bits per heavy atom. The van der Waals surface area contributed by atoms with E-state index in [0.717, 1.165) is 19.3 Å². The zero-order valence-electron chi connectivity index (χ0n) is 15.6. The van der Waals surface area contributed by atoms with Crippen molar-refractivity contribution in [3.8, 4) is 0 Å². The molecule has 1 unspecified atom stereocenters. The second-order valence-corrected chi connectivity index (χ2v) is 5.97. The Kier molecular flexibility index (Phi) is 21.0. The molecule has 0 aromatic carbocycles. The molecule has 0 aliphatic heterocycles. The first kappa shape index (κ1) is 28.1. The third-order valence-corrected chi connectivity index (χ3v) is 3.79. The van der Waals surface area contributed by atoms with Gasteiger partial charge in [0.15, 0.2) is 0 Å². The largest absolute Gasteiger partial charge is 0.481 e. The van der Waals surface area contributed by atoms with Crippen molar-refractivity contribution in [1.29, 1.82) is 0 Å². The lowest BCUT2D eigenvalue weighted by molar-refractivity contribution is -0.143. The van der Waals surface area contributed by atoms with Crippen LogP contribution in [-0.4, -0.2) is 34.1 Å². The van der Waals surface area contributed by atoms with Crippen molar-refractivity contribution in [3.05, 3.63) is 0 Å². The van der Waals surface area contributed by atoms with Gasteiger partial charge in [0.05, 0.1) is 0 Å². The van der Waals surface area contributed by atoms with Gasteiger partial charge in [-0.15, -0.1) is 0 Å². The zero-order valence-corrected chi connectivity index (χ0v) is 15.6. The minimum atomic E-state index is -1.19. The number of carboxylic acids is 2. The lowest BCUT2D eigenvalue weighted by atomic mass is 10.1. The number of carbonyl (C=O) groups is 3. The molecule has 0 saturated heterocycles. The number of amides is 1. The fraction of sp³-hybridized carbons (Fsp3) is 0.824. The molecule has 9 N–H and O–H groups in total. The smallest absolute Gasteiger partial charge is 0.326 e. The van der Waals surface area contributed by atoms with Crippen molar-refractivity contribution in [1.82, 2.24) is 17.6 Å². The number of carboxylic acid groups (broad SMARTS) is 2. The van der Waals surface area contributed by atoms with Gasteiger partial charge in [-0.1, -0.05) is 58.3 Å². The van der Waals surface area contributed by atoms with Gasteiger partial charge >= 0.3 is 11.9 Å². The summed E-state index contributed by atoms with van der Waals surface area (Å²) in [5.74, 6) is -2.57.